The number of rotatable bonds is 4. The van der Waals surface area contributed by atoms with Crippen molar-refractivity contribution in [3.05, 3.63) is 42.4 Å². The van der Waals surface area contributed by atoms with Crippen molar-refractivity contribution >= 4 is 17.4 Å². The number of hydrogen-bond acceptors (Lipinski definition) is 5. The van der Waals surface area contributed by atoms with Gasteiger partial charge in [0.1, 0.15) is 5.75 Å². The number of ether oxygens (including phenoxy) is 1. The van der Waals surface area contributed by atoms with Crippen LogP contribution in [0, 0.1) is 0 Å². The van der Waals surface area contributed by atoms with E-state index in [1.165, 1.54) is 18.6 Å². The first kappa shape index (κ1) is 12.8. The number of nitrogens with two attached hydrogens (primary N) is 1. The summed E-state index contributed by atoms with van der Waals surface area (Å²) in [5, 5.41) is 2.63. The average Bonchev–Trinajstić information content (AvgIpc) is 2.42. The summed E-state index contributed by atoms with van der Waals surface area (Å²) in [6.45, 7) is 2.39. The molecule has 98 valence electrons. The van der Waals surface area contributed by atoms with E-state index in [0.29, 0.717) is 29.4 Å². The van der Waals surface area contributed by atoms with E-state index in [9.17, 15) is 4.79 Å². The van der Waals surface area contributed by atoms with Gasteiger partial charge < -0.3 is 15.8 Å². The smallest absolute Gasteiger partial charge is 0.256 e. The fourth-order valence-electron chi connectivity index (χ4n) is 1.53. The van der Waals surface area contributed by atoms with Gasteiger partial charge in [-0.1, -0.05) is 0 Å². The van der Waals surface area contributed by atoms with E-state index in [0.717, 1.165) is 0 Å². The summed E-state index contributed by atoms with van der Waals surface area (Å²) in [6, 6.07) is 4.88. The van der Waals surface area contributed by atoms with Gasteiger partial charge in [-0.15, -0.1) is 0 Å². The molecule has 0 radical (unpaired) electrons. The molecule has 0 spiro atoms. The molecule has 0 saturated heterocycles. The van der Waals surface area contributed by atoms with Gasteiger partial charge in [0, 0.05) is 18.0 Å². The predicted molar refractivity (Wildman–Crippen MR) is 72.0 cm³/mol. The second-order valence-corrected chi connectivity index (χ2v) is 3.73. The Bertz CT molecular complexity index is 572. The van der Waals surface area contributed by atoms with Crippen LogP contribution >= 0.6 is 0 Å². The summed E-state index contributed by atoms with van der Waals surface area (Å²) in [5.41, 5.74) is 6.67. The summed E-state index contributed by atoms with van der Waals surface area (Å²) in [4.78, 5) is 19.8. The van der Waals surface area contributed by atoms with Gasteiger partial charge in [-0.3, -0.25) is 9.78 Å². The summed E-state index contributed by atoms with van der Waals surface area (Å²) in [5.74, 6) is 0.661. The van der Waals surface area contributed by atoms with E-state index < -0.39 is 0 Å². The van der Waals surface area contributed by atoms with Crippen molar-refractivity contribution in [3.63, 3.8) is 0 Å². The Kier molecular flexibility index (Phi) is 3.92. The zero-order chi connectivity index (χ0) is 13.7. The van der Waals surface area contributed by atoms with Gasteiger partial charge in [0.15, 0.2) is 5.82 Å². The highest BCUT2D eigenvalue weighted by atomic mass is 16.5. The SMILES string of the molecule is CCOc1ccc(C(=O)Nc2cnccn2)cc1N. The van der Waals surface area contributed by atoms with E-state index >= 15 is 0 Å². The van der Waals surface area contributed by atoms with Crippen LogP contribution < -0.4 is 15.8 Å². The highest BCUT2D eigenvalue weighted by Gasteiger charge is 2.09. The normalized spacial score (nSPS) is 9.95. The minimum Gasteiger partial charge on any atom is -0.492 e. The van der Waals surface area contributed by atoms with Gasteiger partial charge in [-0.25, -0.2) is 4.98 Å². The lowest BCUT2D eigenvalue weighted by Gasteiger charge is -2.08. The second kappa shape index (κ2) is 5.81. The molecule has 0 aliphatic rings. The zero-order valence-electron chi connectivity index (χ0n) is 10.5. The molecule has 1 amide bonds. The summed E-state index contributed by atoms with van der Waals surface area (Å²) < 4.78 is 5.31. The molecular weight excluding hydrogens is 244 g/mol. The quantitative estimate of drug-likeness (QED) is 0.815. The first-order valence-corrected chi connectivity index (χ1v) is 5.80. The largest absolute Gasteiger partial charge is 0.492 e. The molecule has 0 bridgehead atoms. The van der Waals surface area contributed by atoms with Crippen LogP contribution in [0.1, 0.15) is 17.3 Å². The number of benzene rings is 1. The van der Waals surface area contributed by atoms with Crippen molar-refractivity contribution in [2.75, 3.05) is 17.7 Å². The Balaban J connectivity index is 2.14. The van der Waals surface area contributed by atoms with E-state index in [1.54, 1.807) is 18.2 Å². The monoisotopic (exact) mass is 258 g/mol. The van der Waals surface area contributed by atoms with Gasteiger partial charge in [0.25, 0.3) is 5.91 Å². The van der Waals surface area contributed by atoms with E-state index in [-0.39, 0.29) is 5.91 Å². The van der Waals surface area contributed by atoms with Gasteiger partial charge in [-0.2, -0.15) is 0 Å². The lowest BCUT2D eigenvalue weighted by molar-refractivity contribution is 0.102. The minimum atomic E-state index is -0.296. The maximum Gasteiger partial charge on any atom is 0.256 e. The van der Waals surface area contributed by atoms with Crippen molar-refractivity contribution in [1.82, 2.24) is 9.97 Å². The number of nitrogen functional groups attached to an aromatic ring is 1. The molecule has 0 aliphatic heterocycles. The van der Waals surface area contributed by atoms with Crippen LogP contribution in [0.2, 0.25) is 0 Å². The van der Waals surface area contributed by atoms with Gasteiger partial charge >= 0.3 is 0 Å². The Morgan fingerprint density at radius 1 is 1.42 bits per heavy atom. The second-order valence-electron chi connectivity index (χ2n) is 3.73. The number of aromatic nitrogens is 2. The average molecular weight is 258 g/mol. The number of nitrogens with zero attached hydrogens (tertiary/aromatic N) is 2. The Hall–Kier alpha value is -2.63. The number of amides is 1. The zero-order valence-corrected chi connectivity index (χ0v) is 10.5. The number of carbonyl (C=O) groups is 1. The summed E-state index contributed by atoms with van der Waals surface area (Å²) >= 11 is 0. The van der Waals surface area contributed by atoms with Crippen molar-refractivity contribution < 1.29 is 9.53 Å². The van der Waals surface area contributed by atoms with Crippen molar-refractivity contribution in [3.8, 4) is 5.75 Å². The number of nitrogens with one attached hydrogen (secondary N) is 1. The minimum absolute atomic E-state index is 0.296. The van der Waals surface area contributed by atoms with Crippen LogP contribution in [-0.2, 0) is 0 Å². The van der Waals surface area contributed by atoms with Crippen molar-refractivity contribution in [2.24, 2.45) is 0 Å². The molecule has 0 unspecified atom stereocenters. The molecule has 6 heteroatoms. The van der Waals surface area contributed by atoms with Crippen LogP contribution in [0.5, 0.6) is 5.75 Å². The molecular formula is C13H14N4O2. The van der Waals surface area contributed by atoms with Gasteiger partial charge in [-0.05, 0) is 25.1 Å². The molecule has 2 aromatic rings. The van der Waals surface area contributed by atoms with Gasteiger partial charge in [0.05, 0.1) is 18.5 Å². The molecule has 0 aliphatic carbocycles. The van der Waals surface area contributed by atoms with Crippen LogP contribution in [-0.4, -0.2) is 22.5 Å². The third-order valence-electron chi connectivity index (χ3n) is 2.38. The molecule has 6 nitrogen and oxygen atoms in total. The molecule has 0 saturated carbocycles. The number of carbonyl (C=O) groups excluding carboxylic acids is 1. The first-order chi connectivity index (χ1) is 9.20. The summed E-state index contributed by atoms with van der Waals surface area (Å²) in [6.07, 6.45) is 4.50. The van der Waals surface area contributed by atoms with Gasteiger partial charge in [0.2, 0.25) is 0 Å². The van der Waals surface area contributed by atoms with E-state index in [1.807, 2.05) is 6.92 Å². The van der Waals surface area contributed by atoms with Crippen LogP contribution in [0.4, 0.5) is 11.5 Å². The Morgan fingerprint density at radius 3 is 2.89 bits per heavy atom. The Labute approximate surface area is 110 Å². The molecule has 19 heavy (non-hydrogen) atoms. The van der Waals surface area contributed by atoms with Crippen molar-refractivity contribution in [1.29, 1.82) is 0 Å². The first-order valence-electron chi connectivity index (χ1n) is 5.80. The van der Waals surface area contributed by atoms with Crippen LogP contribution in [0.15, 0.2) is 36.8 Å². The fourth-order valence-corrected chi connectivity index (χ4v) is 1.53. The fraction of sp³-hybridized carbons (Fsp3) is 0.154. The highest BCUT2D eigenvalue weighted by molar-refractivity contribution is 6.04. The molecule has 1 aromatic heterocycles. The maximum absolute atomic E-state index is 12.0. The summed E-state index contributed by atoms with van der Waals surface area (Å²) in [7, 11) is 0. The van der Waals surface area contributed by atoms with Crippen LogP contribution in [0.3, 0.4) is 0 Å². The molecule has 1 heterocycles. The lowest BCUT2D eigenvalue weighted by Crippen LogP contribution is -2.13. The number of anilines is 2. The molecule has 2 rings (SSSR count). The number of hydrogen-bond donors (Lipinski definition) is 2. The van der Waals surface area contributed by atoms with Crippen LogP contribution in [0.25, 0.3) is 0 Å². The maximum atomic E-state index is 12.0. The Morgan fingerprint density at radius 2 is 2.26 bits per heavy atom. The molecule has 1 aromatic carbocycles. The predicted octanol–water partition coefficient (Wildman–Crippen LogP) is 1.71. The van der Waals surface area contributed by atoms with Crippen molar-refractivity contribution in [2.45, 2.75) is 6.92 Å². The molecule has 0 fully saturated rings. The molecule has 0 atom stereocenters. The highest BCUT2D eigenvalue weighted by Crippen LogP contribution is 2.22. The molecule has 3 N–H and O–H groups in total. The third kappa shape index (κ3) is 3.19. The lowest BCUT2D eigenvalue weighted by atomic mass is 10.2. The third-order valence-corrected chi connectivity index (χ3v) is 2.38. The standard InChI is InChI=1S/C13H14N4O2/c1-2-19-11-4-3-9(7-10(11)14)13(18)17-12-8-15-5-6-16-12/h3-8H,2,14H2,1H3,(H,16,17,18). The topological polar surface area (TPSA) is 90.1 Å². The van der Waals surface area contributed by atoms with E-state index in [4.69, 9.17) is 10.5 Å². The van der Waals surface area contributed by atoms with E-state index in [2.05, 4.69) is 15.3 Å².